The Balaban J connectivity index is 2.11. The van der Waals surface area contributed by atoms with Crippen molar-refractivity contribution in [1.29, 1.82) is 0 Å². The summed E-state index contributed by atoms with van der Waals surface area (Å²) in [5.41, 5.74) is 0.884. The van der Waals surface area contributed by atoms with Gasteiger partial charge in [-0.2, -0.15) is 13.2 Å². The Morgan fingerprint density at radius 3 is 2.22 bits per heavy atom. The van der Waals surface area contributed by atoms with E-state index in [1.165, 1.54) is 9.80 Å². The van der Waals surface area contributed by atoms with Crippen molar-refractivity contribution < 1.29 is 31.9 Å². The van der Waals surface area contributed by atoms with Gasteiger partial charge in [-0.05, 0) is 68.7 Å². The Labute approximate surface area is 183 Å². The summed E-state index contributed by atoms with van der Waals surface area (Å²) in [5.74, 6) is -2.03. The standard InChI is InChI=1S/C23H24F4N2O3/c1-5-16-12-28(21(30)17-8-7-15(11-18(17)24)23(25,26)27)19-9-13(3)14(4)10-20(19)29(16)22(31)32-6-2/h7-11,16H,5-6,12H2,1-4H3. The van der Waals surface area contributed by atoms with Crippen molar-refractivity contribution in [2.45, 2.75) is 46.3 Å². The summed E-state index contributed by atoms with van der Waals surface area (Å²) in [5, 5.41) is 0. The molecule has 0 aliphatic carbocycles. The predicted molar refractivity (Wildman–Crippen MR) is 113 cm³/mol. The van der Waals surface area contributed by atoms with E-state index in [2.05, 4.69) is 0 Å². The fraction of sp³-hybridized carbons (Fsp3) is 0.391. The van der Waals surface area contributed by atoms with Gasteiger partial charge in [-0.3, -0.25) is 9.69 Å². The summed E-state index contributed by atoms with van der Waals surface area (Å²) in [6.07, 6.45) is -4.80. The molecule has 0 radical (unpaired) electrons. The molecule has 0 saturated heterocycles. The molecule has 32 heavy (non-hydrogen) atoms. The first-order valence-electron chi connectivity index (χ1n) is 10.2. The summed E-state index contributed by atoms with van der Waals surface area (Å²) >= 11 is 0. The predicted octanol–water partition coefficient (Wildman–Crippen LogP) is 5.86. The lowest BCUT2D eigenvalue weighted by atomic mass is 9.99. The average Bonchev–Trinajstić information content (AvgIpc) is 2.72. The van der Waals surface area contributed by atoms with Gasteiger partial charge in [0.25, 0.3) is 5.91 Å². The van der Waals surface area contributed by atoms with E-state index in [0.717, 1.165) is 17.2 Å². The van der Waals surface area contributed by atoms with Crippen LogP contribution in [0.4, 0.5) is 33.7 Å². The van der Waals surface area contributed by atoms with Crippen molar-refractivity contribution in [3.63, 3.8) is 0 Å². The van der Waals surface area contributed by atoms with E-state index >= 15 is 0 Å². The number of nitrogens with zero attached hydrogens (tertiary/aromatic N) is 2. The number of fused-ring (bicyclic) bond motifs is 1. The van der Waals surface area contributed by atoms with Gasteiger partial charge in [0, 0.05) is 6.54 Å². The Kier molecular flexibility index (Phi) is 6.48. The highest BCUT2D eigenvalue weighted by Gasteiger charge is 2.39. The van der Waals surface area contributed by atoms with Crippen molar-refractivity contribution in [3.8, 4) is 0 Å². The molecule has 1 aliphatic heterocycles. The molecular formula is C23H24F4N2O3. The Morgan fingerprint density at radius 1 is 1.06 bits per heavy atom. The average molecular weight is 452 g/mol. The van der Waals surface area contributed by atoms with Crippen LogP contribution in [-0.4, -0.2) is 31.2 Å². The van der Waals surface area contributed by atoms with Crippen LogP contribution in [-0.2, 0) is 10.9 Å². The highest BCUT2D eigenvalue weighted by molar-refractivity contribution is 6.10. The van der Waals surface area contributed by atoms with Gasteiger partial charge in [0.2, 0.25) is 0 Å². The summed E-state index contributed by atoms with van der Waals surface area (Å²) in [6.45, 7) is 7.43. The van der Waals surface area contributed by atoms with Crippen LogP contribution in [0.1, 0.15) is 47.3 Å². The largest absolute Gasteiger partial charge is 0.449 e. The Hall–Kier alpha value is -3.10. The number of carbonyl (C=O) groups is 2. The highest BCUT2D eigenvalue weighted by Crippen LogP contribution is 2.40. The van der Waals surface area contributed by atoms with Gasteiger partial charge >= 0.3 is 12.3 Å². The number of alkyl halides is 3. The summed E-state index contributed by atoms with van der Waals surface area (Å²) in [7, 11) is 0. The Bertz CT molecular complexity index is 1050. The maximum absolute atomic E-state index is 14.6. The third-order valence-corrected chi connectivity index (χ3v) is 5.61. The van der Waals surface area contributed by atoms with Crippen molar-refractivity contribution >= 4 is 23.4 Å². The van der Waals surface area contributed by atoms with Crippen molar-refractivity contribution in [1.82, 2.24) is 0 Å². The zero-order valence-electron chi connectivity index (χ0n) is 18.2. The van der Waals surface area contributed by atoms with Crippen LogP contribution < -0.4 is 9.80 Å². The van der Waals surface area contributed by atoms with Crippen molar-refractivity contribution in [3.05, 3.63) is 58.4 Å². The minimum absolute atomic E-state index is 0.0457. The van der Waals surface area contributed by atoms with Crippen molar-refractivity contribution in [2.24, 2.45) is 0 Å². The lowest BCUT2D eigenvalue weighted by Crippen LogP contribution is -2.53. The number of hydrogen-bond acceptors (Lipinski definition) is 3. The van der Waals surface area contributed by atoms with Gasteiger partial charge in [0.1, 0.15) is 5.82 Å². The minimum Gasteiger partial charge on any atom is -0.449 e. The van der Waals surface area contributed by atoms with Crippen LogP contribution in [0.5, 0.6) is 0 Å². The first-order chi connectivity index (χ1) is 15.0. The lowest BCUT2D eigenvalue weighted by molar-refractivity contribution is -0.137. The molecular weight excluding hydrogens is 428 g/mol. The van der Waals surface area contributed by atoms with E-state index in [1.54, 1.807) is 19.1 Å². The highest BCUT2D eigenvalue weighted by atomic mass is 19.4. The first-order valence-corrected chi connectivity index (χ1v) is 10.2. The zero-order valence-corrected chi connectivity index (χ0v) is 18.2. The fourth-order valence-electron chi connectivity index (χ4n) is 3.74. The second-order valence-corrected chi connectivity index (χ2v) is 7.66. The van der Waals surface area contributed by atoms with Crippen LogP contribution in [0.15, 0.2) is 30.3 Å². The molecule has 0 aromatic heterocycles. The third-order valence-electron chi connectivity index (χ3n) is 5.61. The molecule has 2 amide bonds. The monoisotopic (exact) mass is 452 g/mol. The van der Waals surface area contributed by atoms with E-state index < -0.39 is 41.2 Å². The quantitative estimate of drug-likeness (QED) is 0.548. The number of rotatable bonds is 3. The summed E-state index contributed by atoms with van der Waals surface area (Å²) in [6, 6.07) is 4.87. The van der Waals surface area contributed by atoms with Crippen LogP contribution in [0.25, 0.3) is 0 Å². The molecule has 3 rings (SSSR count). The molecule has 172 valence electrons. The third kappa shape index (κ3) is 4.28. The lowest BCUT2D eigenvalue weighted by Gasteiger charge is -2.42. The summed E-state index contributed by atoms with van der Waals surface area (Å²) < 4.78 is 58.5. The van der Waals surface area contributed by atoms with E-state index in [4.69, 9.17) is 4.74 Å². The van der Waals surface area contributed by atoms with Gasteiger partial charge in [-0.25, -0.2) is 9.18 Å². The second kappa shape index (κ2) is 8.80. The zero-order chi connectivity index (χ0) is 23.8. The number of carbonyl (C=O) groups excluding carboxylic acids is 2. The number of benzene rings is 2. The van der Waals surface area contributed by atoms with E-state index in [-0.39, 0.29) is 13.2 Å². The number of anilines is 2. The smallest absolute Gasteiger partial charge is 0.416 e. The second-order valence-electron chi connectivity index (χ2n) is 7.66. The molecule has 2 aromatic carbocycles. The van der Waals surface area contributed by atoms with Gasteiger partial charge in [0.15, 0.2) is 0 Å². The van der Waals surface area contributed by atoms with Crippen LogP contribution in [0.3, 0.4) is 0 Å². The minimum atomic E-state index is -4.72. The SMILES string of the molecule is CCOC(=O)N1c2cc(C)c(C)cc2N(C(=O)c2ccc(C(F)(F)F)cc2F)CC1CC. The maximum Gasteiger partial charge on any atom is 0.416 e. The molecule has 2 aromatic rings. The number of hydrogen-bond donors (Lipinski definition) is 0. The van der Waals surface area contributed by atoms with Gasteiger partial charge < -0.3 is 9.64 Å². The van der Waals surface area contributed by atoms with E-state index in [1.807, 2.05) is 20.8 Å². The van der Waals surface area contributed by atoms with Crippen LogP contribution >= 0.6 is 0 Å². The Morgan fingerprint density at radius 2 is 1.69 bits per heavy atom. The van der Waals surface area contributed by atoms with Crippen LogP contribution in [0.2, 0.25) is 0 Å². The van der Waals surface area contributed by atoms with E-state index in [0.29, 0.717) is 29.9 Å². The molecule has 0 N–H and O–H groups in total. The molecule has 0 saturated carbocycles. The maximum atomic E-state index is 14.6. The topological polar surface area (TPSA) is 49.9 Å². The number of aryl methyl sites for hydroxylation is 2. The van der Waals surface area contributed by atoms with Crippen molar-refractivity contribution in [2.75, 3.05) is 23.0 Å². The molecule has 9 heteroatoms. The number of halogens is 4. The molecule has 0 fully saturated rings. The fourth-order valence-corrected chi connectivity index (χ4v) is 3.74. The van der Waals surface area contributed by atoms with Gasteiger partial charge in [-0.1, -0.05) is 6.92 Å². The normalized spacial score (nSPS) is 16.1. The van der Waals surface area contributed by atoms with E-state index in [9.17, 15) is 27.2 Å². The molecule has 5 nitrogen and oxygen atoms in total. The number of amides is 2. The molecule has 1 heterocycles. The van der Waals surface area contributed by atoms with Crippen LogP contribution in [0, 0.1) is 19.7 Å². The molecule has 1 unspecified atom stereocenters. The van der Waals surface area contributed by atoms with Gasteiger partial charge in [0.05, 0.1) is 35.2 Å². The first kappa shape index (κ1) is 23.6. The summed E-state index contributed by atoms with van der Waals surface area (Å²) in [4.78, 5) is 28.8. The number of ether oxygens (including phenoxy) is 1. The molecule has 0 spiro atoms. The van der Waals surface area contributed by atoms with Gasteiger partial charge in [-0.15, -0.1) is 0 Å². The molecule has 1 atom stereocenters. The molecule has 0 bridgehead atoms. The molecule has 1 aliphatic rings.